The highest BCUT2D eigenvalue weighted by Crippen LogP contribution is 2.62. The molecule has 0 saturated heterocycles. The van der Waals surface area contributed by atoms with Gasteiger partial charge in [-0.1, -0.05) is 20.8 Å². The summed E-state index contributed by atoms with van der Waals surface area (Å²) in [6.45, 7) is 10.9. The number of nitrogens with zero attached hydrogens (tertiary/aromatic N) is 1. The Morgan fingerprint density at radius 1 is 1.29 bits per heavy atom. The monoisotopic (exact) mass is 238 g/mol. The smallest absolute Gasteiger partial charge is 0.0178 e. The molecule has 2 unspecified atom stereocenters. The minimum absolute atomic E-state index is 0.480. The number of rotatable bonds is 4. The summed E-state index contributed by atoms with van der Waals surface area (Å²) in [5.74, 6) is 0.941. The standard InChI is InChI=1S/C15H30N2/c1-11(10-17(5)6)16-13-14(2,3)12-7-8-15(13,4)9-12/h11-13,16H,7-10H2,1-6H3/t11?,12-,13?,15+/m0/s1. The molecule has 0 aliphatic heterocycles. The number of hydrogen-bond acceptors (Lipinski definition) is 2. The molecule has 0 aromatic heterocycles. The second-order valence-corrected chi connectivity index (χ2v) is 7.68. The first-order chi connectivity index (χ1) is 7.75. The maximum atomic E-state index is 3.93. The molecule has 0 amide bonds. The lowest BCUT2D eigenvalue weighted by atomic mass is 9.68. The zero-order chi connectivity index (χ0) is 12.8. The van der Waals surface area contributed by atoms with E-state index in [4.69, 9.17) is 0 Å². The van der Waals surface area contributed by atoms with Gasteiger partial charge in [-0.2, -0.15) is 0 Å². The average molecular weight is 238 g/mol. The molecular weight excluding hydrogens is 208 g/mol. The van der Waals surface area contributed by atoms with Crippen LogP contribution in [0.25, 0.3) is 0 Å². The van der Waals surface area contributed by atoms with Gasteiger partial charge in [0.2, 0.25) is 0 Å². The van der Waals surface area contributed by atoms with Gasteiger partial charge in [-0.15, -0.1) is 0 Å². The summed E-state index contributed by atoms with van der Waals surface area (Å²) >= 11 is 0. The summed E-state index contributed by atoms with van der Waals surface area (Å²) in [6.07, 6.45) is 4.31. The summed E-state index contributed by atoms with van der Waals surface area (Å²) in [7, 11) is 4.32. The van der Waals surface area contributed by atoms with Gasteiger partial charge in [0.1, 0.15) is 0 Å². The van der Waals surface area contributed by atoms with Gasteiger partial charge in [0.05, 0.1) is 0 Å². The van der Waals surface area contributed by atoms with Crippen molar-refractivity contribution in [3.8, 4) is 0 Å². The molecule has 2 aliphatic rings. The fourth-order valence-corrected chi connectivity index (χ4v) is 4.60. The Morgan fingerprint density at radius 3 is 2.41 bits per heavy atom. The molecule has 0 radical (unpaired) electrons. The van der Waals surface area contributed by atoms with Crippen molar-refractivity contribution in [2.24, 2.45) is 16.7 Å². The van der Waals surface area contributed by atoms with Crippen LogP contribution in [0.3, 0.4) is 0 Å². The molecule has 2 nitrogen and oxygen atoms in total. The molecule has 0 spiro atoms. The van der Waals surface area contributed by atoms with Crippen molar-refractivity contribution in [2.75, 3.05) is 20.6 Å². The first-order valence-electron chi connectivity index (χ1n) is 7.16. The Bertz CT molecular complexity index is 280. The first-order valence-corrected chi connectivity index (χ1v) is 7.16. The van der Waals surface area contributed by atoms with Crippen molar-refractivity contribution in [1.29, 1.82) is 0 Å². The van der Waals surface area contributed by atoms with Crippen LogP contribution in [0.1, 0.15) is 47.0 Å². The SMILES string of the molecule is CC(CN(C)C)NC1C(C)(C)[C@H]2CC[C@]1(C)C2. The van der Waals surface area contributed by atoms with Crippen LogP contribution in [0, 0.1) is 16.7 Å². The van der Waals surface area contributed by atoms with Crippen molar-refractivity contribution < 1.29 is 0 Å². The summed E-state index contributed by atoms with van der Waals surface area (Å²) in [5.41, 5.74) is 1.03. The van der Waals surface area contributed by atoms with Crippen LogP contribution in [0.5, 0.6) is 0 Å². The molecule has 0 heterocycles. The van der Waals surface area contributed by atoms with Crippen LogP contribution in [0.2, 0.25) is 0 Å². The predicted octanol–water partition coefficient (Wildman–Crippen LogP) is 2.74. The lowest BCUT2D eigenvalue weighted by molar-refractivity contribution is 0.0964. The minimum Gasteiger partial charge on any atom is -0.309 e. The quantitative estimate of drug-likeness (QED) is 0.810. The highest BCUT2D eigenvalue weighted by atomic mass is 15.1. The van der Waals surface area contributed by atoms with Crippen molar-refractivity contribution in [1.82, 2.24) is 10.2 Å². The van der Waals surface area contributed by atoms with Crippen molar-refractivity contribution in [2.45, 2.75) is 59.0 Å². The number of hydrogen-bond donors (Lipinski definition) is 1. The van der Waals surface area contributed by atoms with Gasteiger partial charge in [-0.3, -0.25) is 0 Å². The molecule has 2 rings (SSSR count). The van der Waals surface area contributed by atoms with E-state index in [1.807, 2.05) is 0 Å². The Hall–Kier alpha value is -0.0800. The van der Waals surface area contributed by atoms with Gasteiger partial charge in [0, 0.05) is 18.6 Å². The summed E-state index contributed by atoms with van der Waals surface area (Å²) in [6, 6.07) is 1.29. The van der Waals surface area contributed by atoms with E-state index in [-0.39, 0.29) is 0 Å². The van der Waals surface area contributed by atoms with E-state index >= 15 is 0 Å². The molecule has 0 aromatic rings. The molecule has 2 saturated carbocycles. The van der Waals surface area contributed by atoms with Gasteiger partial charge < -0.3 is 10.2 Å². The van der Waals surface area contributed by atoms with E-state index < -0.39 is 0 Å². The van der Waals surface area contributed by atoms with E-state index in [1.54, 1.807) is 0 Å². The van der Waals surface area contributed by atoms with Crippen LogP contribution in [0.4, 0.5) is 0 Å². The second kappa shape index (κ2) is 4.24. The Kier molecular flexibility index (Phi) is 3.33. The largest absolute Gasteiger partial charge is 0.309 e. The molecule has 2 aliphatic carbocycles. The maximum absolute atomic E-state index is 3.93. The van der Waals surface area contributed by atoms with Gasteiger partial charge in [0.15, 0.2) is 0 Å². The normalized spacial score (nSPS) is 41.1. The van der Waals surface area contributed by atoms with Gasteiger partial charge in [0.25, 0.3) is 0 Å². The molecule has 2 bridgehead atoms. The second-order valence-electron chi connectivity index (χ2n) is 7.68. The summed E-state index contributed by atoms with van der Waals surface area (Å²) in [4.78, 5) is 2.28. The van der Waals surface area contributed by atoms with E-state index in [1.165, 1.54) is 19.3 Å². The molecule has 17 heavy (non-hydrogen) atoms. The van der Waals surface area contributed by atoms with E-state index in [0.29, 0.717) is 22.9 Å². The fourth-order valence-electron chi connectivity index (χ4n) is 4.60. The highest BCUT2D eigenvalue weighted by molar-refractivity contribution is 5.12. The van der Waals surface area contributed by atoms with E-state index in [0.717, 1.165) is 12.5 Å². The Balaban J connectivity index is 2.05. The molecule has 0 aromatic carbocycles. The van der Waals surface area contributed by atoms with Crippen molar-refractivity contribution in [3.05, 3.63) is 0 Å². The molecular formula is C15H30N2. The molecule has 2 fully saturated rings. The average Bonchev–Trinajstić information content (AvgIpc) is 2.63. The van der Waals surface area contributed by atoms with Crippen LogP contribution in [0.15, 0.2) is 0 Å². The van der Waals surface area contributed by atoms with Crippen molar-refractivity contribution >= 4 is 0 Å². The van der Waals surface area contributed by atoms with Crippen molar-refractivity contribution in [3.63, 3.8) is 0 Å². The summed E-state index contributed by atoms with van der Waals surface area (Å²) in [5, 5.41) is 3.93. The Morgan fingerprint density at radius 2 is 1.94 bits per heavy atom. The summed E-state index contributed by atoms with van der Waals surface area (Å²) < 4.78 is 0. The fraction of sp³-hybridized carbons (Fsp3) is 1.00. The molecule has 1 N–H and O–H groups in total. The van der Waals surface area contributed by atoms with Crippen LogP contribution in [-0.4, -0.2) is 37.6 Å². The molecule has 4 atom stereocenters. The lowest BCUT2D eigenvalue weighted by Crippen LogP contribution is -2.54. The van der Waals surface area contributed by atoms with Crippen LogP contribution in [-0.2, 0) is 0 Å². The number of fused-ring (bicyclic) bond motifs is 2. The third kappa shape index (κ3) is 2.26. The number of nitrogens with one attached hydrogen (secondary N) is 1. The van der Waals surface area contributed by atoms with Crippen LogP contribution >= 0.6 is 0 Å². The van der Waals surface area contributed by atoms with Gasteiger partial charge >= 0.3 is 0 Å². The topological polar surface area (TPSA) is 15.3 Å². The van der Waals surface area contributed by atoms with Gasteiger partial charge in [-0.05, 0) is 57.0 Å². The Labute approximate surface area is 107 Å². The minimum atomic E-state index is 0.480. The van der Waals surface area contributed by atoms with Gasteiger partial charge in [-0.25, -0.2) is 0 Å². The zero-order valence-electron chi connectivity index (χ0n) is 12.5. The van der Waals surface area contributed by atoms with E-state index in [2.05, 4.69) is 52.0 Å². The third-order valence-electron chi connectivity index (χ3n) is 5.36. The van der Waals surface area contributed by atoms with Crippen LogP contribution < -0.4 is 5.32 Å². The van der Waals surface area contributed by atoms with E-state index in [9.17, 15) is 0 Å². The molecule has 100 valence electrons. The predicted molar refractivity (Wildman–Crippen MR) is 74.2 cm³/mol. The first kappa shape index (κ1) is 13.4. The highest BCUT2D eigenvalue weighted by Gasteiger charge is 2.59. The zero-order valence-corrected chi connectivity index (χ0v) is 12.5. The lowest BCUT2D eigenvalue weighted by Gasteiger charge is -2.45. The molecule has 2 heteroatoms. The third-order valence-corrected chi connectivity index (χ3v) is 5.36. The maximum Gasteiger partial charge on any atom is 0.0178 e. The number of likely N-dealkylation sites (N-methyl/N-ethyl adjacent to an activating group) is 1.